The lowest BCUT2D eigenvalue weighted by atomic mass is 9.51. The van der Waals surface area contributed by atoms with Crippen molar-refractivity contribution in [2.75, 3.05) is 6.54 Å². The van der Waals surface area contributed by atoms with Crippen LogP contribution in [0.3, 0.4) is 0 Å². The van der Waals surface area contributed by atoms with E-state index >= 15 is 0 Å². The van der Waals surface area contributed by atoms with Gasteiger partial charge in [0.15, 0.2) is 5.78 Å². The fourth-order valence-corrected chi connectivity index (χ4v) is 4.90. The van der Waals surface area contributed by atoms with Crippen molar-refractivity contribution in [1.29, 1.82) is 0 Å². The van der Waals surface area contributed by atoms with Crippen molar-refractivity contribution in [3.8, 4) is 0 Å². The minimum atomic E-state index is -0.536. The average Bonchev–Trinajstić information content (AvgIpc) is 2.34. The van der Waals surface area contributed by atoms with Crippen molar-refractivity contribution in [3.63, 3.8) is 0 Å². The summed E-state index contributed by atoms with van der Waals surface area (Å²) in [7, 11) is 0. The third-order valence-corrected chi connectivity index (χ3v) is 5.45. The van der Waals surface area contributed by atoms with E-state index in [1.165, 1.54) is 32.1 Å². The second-order valence-electron chi connectivity index (χ2n) is 6.93. The molecule has 4 bridgehead atoms. The number of carbonyl (C=O) groups excluding carboxylic acids is 2. The molecular formula is C15H24N2O2. The second kappa shape index (κ2) is 4.89. The van der Waals surface area contributed by atoms with Crippen LogP contribution in [0.5, 0.6) is 0 Å². The van der Waals surface area contributed by atoms with Crippen LogP contribution in [-0.4, -0.2) is 24.3 Å². The molecule has 4 aliphatic rings. The molecule has 4 aliphatic carbocycles. The summed E-state index contributed by atoms with van der Waals surface area (Å²) in [5.41, 5.74) is 5.49. The van der Waals surface area contributed by atoms with Gasteiger partial charge in [-0.2, -0.15) is 0 Å². The summed E-state index contributed by atoms with van der Waals surface area (Å²) in [6, 6.07) is -0.536. The van der Waals surface area contributed by atoms with Crippen LogP contribution in [0.25, 0.3) is 0 Å². The van der Waals surface area contributed by atoms with Crippen LogP contribution >= 0.6 is 0 Å². The number of amides is 1. The van der Waals surface area contributed by atoms with E-state index in [9.17, 15) is 9.59 Å². The van der Waals surface area contributed by atoms with Gasteiger partial charge in [-0.15, -0.1) is 0 Å². The fourth-order valence-electron chi connectivity index (χ4n) is 4.90. The highest BCUT2D eigenvalue weighted by atomic mass is 16.2. The van der Waals surface area contributed by atoms with E-state index in [0.29, 0.717) is 11.8 Å². The summed E-state index contributed by atoms with van der Waals surface area (Å²) in [6.45, 7) is 1.82. The maximum absolute atomic E-state index is 12.4. The Morgan fingerprint density at radius 2 is 1.63 bits per heavy atom. The maximum Gasteiger partial charge on any atom is 0.236 e. The van der Waals surface area contributed by atoms with E-state index in [0.717, 1.165) is 11.8 Å². The molecule has 106 valence electrons. The summed E-state index contributed by atoms with van der Waals surface area (Å²) >= 11 is 0. The number of Topliss-reactive ketones (excluding diaryl/α,β-unsaturated/α-hetero) is 1. The Labute approximate surface area is 114 Å². The van der Waals surface area contributed by atoms with Crippen LogP contribution in [0.2, 0.25) is 0 Å². The van der Waals surface area contributed by atoms with Gasteiger partial charge in [-0.25, -0.2) is 0 Å². The summed E-state index contributed by atoms with van der Waals surface area (Å²) in [4.78, 5) is 23.9. The van der Waals surface area contributed by atoms with Crippen LogP contribution in [0.15, 0.2) is 0 Å². The molecule has 0 aromatic carbocycles. The third-order valence-electron chi connectivity index (χ3n) is 5.45. The Balaban J connectivity index is 1.60. The first-order valence-electron chi connectivity index (χ1n) is 7.60. The van der Waals surface area contributed by atoms with Crippen LogP contribution < -0.4 is 11.1 Å². The topological polar surface area (TPSA) is 72.2 Å². The third kappa shape index (κ3) is 2.42. The van der Waals surface area contributed by atoms with Gasteiger partial charge in [-0.1, -0.05) is 0 Å². The van der Waals surface area contributed by atoms with Crippen molar-refractivity contribution in [2.24, 2.45) is 35.3 Å². The smallest absolute Gasteiger partial charge is 0.236 e. The molecule has 3 N–H and O–H groups in total. The molecule has 1 amide bonds. The Bertz CT molecular complexity index is 364. The molecule has 0 spiro atoms. The van der Waals surface area contributed by atoms with Gasteiger partial charge in [0.2, 0.25) is 5.91 Å². The molecule has 4 nitrogen and oxygen atoms in total. The Hall–Kier alpha value is -0.900. The molecule has 1 atom stereocenters. The number of hydrogen-bond donors (Lipinski definition) is 2. The van der Waals surface area contributed by atoms with Crippen molar-refractivity contribution in [1.82, 2.24) is 5.32 Å². The van der Waals surface area contributed by atoms with Crippen LogP contribution in [0, 0.1) is 29.6 Å². The van der Waals surface area contributed by atoms with E-state index < -0.39 is 6.04 Å². The van der Waals surface area contributed by atoms with Gasteiger partial charge in [0.25, 0.3) is 0 Å². The molecule has 4 fully saturated rings. The lowest BCUT2D eigenvalue weighted by Crippen LogP contribution is -2.50. The van der Waals surface area contributed by atoms with Gasteiger partial charge in [-0.3, -0.25) is 9.59 Å². The molecular weight excluding hydrogens is 240 g/mol. The Kier molecular flexibility index (Phi) is 3.37. The zero-order chi connectivity index (χ0) is 13.6. The van der Waals surface area contributed by atoms with Crippen molar-refractivity contribution < 1.29 is 9.59 Å². The second-order valence-corrected chi connectivity index (χ2v) is 6.93. The highest BCUT2D eigenvalue weighted by Gasteiger charge is 2.50. The lowest BCUT2D eigenvalue weighted by molar-refractivity contribution is -0.136. The first kappa shape index (κ1) is 13.1. The van der Waals surface area contributed by atoms with Gasteiger partial charge in [0.1, 0.15) is 0 Å². The number of rotatable bonds is 4. The highest BCUT2D eigenvalue weighted by molar-refractivity contribution is 5.89. The molecule has 0 aromatic rings. The van der Waals surface area contributed by atoms with E-state index in [2.05, 4.69) is 5.32 Å². The first-order chi connectivity index (χ1) is 9.04. The minimum Gasteiger partial charge on any atom is -0.348 e. The normalized spacial score (nSPS) is 41.1. The van der Waals surface area contributed by atoms with E-state index in [-0.39, 0.29) is 24.2 Å². The Morgan fingerprint density at radius 3 is 2.11 bits per heavy atom. The average molecular weight is 264 g/mol. The van der Waals surface area contributed by atoms with Gasteiger partial charge in [0, 0.05) is 5.92 Å². The monoisotopic (exact) mass is 264 g/mol. The molecule has 0 saturated heterocycles. The van der Waals surface area contributed by atoms with Gasteiger partial charge >= 0.3 is 0 Å². The van der Waals surface area contributed by atoms with E-state index in [1.807, 2.05) is 0 Å². The predicted octanol–water partition coefficient (Wildman–Crippen LogP) is 1.09. The molecule has 0 heterocycles. The molecule has 4 saturated carbocycles. The number of nitrogens with two attached hydrogens (primary N) is 1. The largest absolute Gasteiger partial charge is 0.348 e. The number of hydrogen-bond acceptors (Lipinski definition) is 3. The van der Waals surface area contributed by atoms with E-state index in [4.69, 9.17) is 5.73 Å². The first-order valence-corrected chi connectivity index (χ1v) is 7.60. The maximum atomic E-state index is 12.4. The standard InChI is InChI=1S/C15H24N2O2/c1-8(16)15(19)17-7-13(18)14-11-3-9-2-10(5-11)6-12(14)4-9/h8-12,14H,2-7,16H2,1H3,(H,17,19). The zero-order valence-electron chi connectivity index (χ0n) is 11.6. The van der Waals surface area contributed by atoms with Crippen LogP contribution in [0.4, 0.5) is 0 Å². The molecule has 4 rings (SSSR count). The van der Waals surface area contributed by atoms with Crippen LogP contribution in [-0.2, 0) is 9.59 Å². The van der Waals surface area contributed by atoms with Gasteiger partial charge in [-0.05, 0) is 62.7 Å². The minimum absolute atomic E-state index is 0.174. The zero-order valence-corrected chi connectivity index (χ0v) is 11.6. The molecule has 1 unspecified atom stereocenters. The number of nitrogens with one attached hydrogen (secondary N) is 1. The van der Waals surface area contributed by atoms with E-state index in [1.54, 1.807) is 6.92 Å². The highest BCUT2D eigenvalue weighted by Crippen LogP contribution is 2.56. The summed E-state index contributed by atoms with van der Waals surface area (Å²) in [6.07, 6.45) is 6.36. The van der Waals surface area contributed by atoms with Crippen LogP contribution in [0.1, 0.15) is 39.0 Å². The fraction of sp³-hybridized carbons (Fsp3) is 0.867. The lowest BCUT2D eigenvalue weighted by Gasteiger charge is -2.53. The van der Waals surface area contributed by atoms with Crippen molar-refractivity contribution >= 4 is 11.7 Å². The Morgan fingerprint density at radius 1 is 1.11 bits per heavy atom. The van der Waals surface area contributed by atoms with Gasteiger partial charge < -0.3 is 11.1 Å². The number of ketones is 1. The van der Waals surface area contributed by atoms with Crippen molar-refractivity contribution in [3.05, 3.63) is 0 Å². The summed E-state index contributed by atoms with van der Waals surface area (Å²) in [5.74, 6) is 3.17. The molecule has 19 heavy (non-hydrogen) atoms. The molecule has 0 aromatic heterocycles. The molecule has 4 heteroatoms. The SMILES string of the molecule is CC(N)C(=O)NCC(=O)C1C2CC3CC(C2)CC1C3. The summed E-state index contributed by atoms with van der Waals surface area (Å²) < 4.78 is 0. The summed E-state index contributed by atoms with van der Waals surface area (Å²) in [5, 5.41) is 2.68. The number of carbonyl (C=O) groups is 2. The van der Waals surface area contributed by atoms with Crippen molar-refractivity contribution in [2.45, 2.75) is 45.1 Å². The quantitative estimate of drug-likeness (QED) is 0.798. The predicted molar refractivity (Wildman–Crippen MR) is 72.2 cm³/mol. The molecule has 0 radical (unpaired) electrons. The molecule has 0 aliphatic heterocycles. The van der Waals surface area contributed by atoms with Gasteiger partial charge in [0.05, 0.1) is 12.6 Å².